The topological polar surface area (TPSA) is 58.2 Å². The second-order valence-electron chi connectivity index (χ2n) is 6.91. The molecule has 2 amide bonds. The second-order valence-corrected chi connectivity index (χ2v) is 6.91. The van der Waals surface area contributed by atoms with E-state index in [4.69, 9.17) is 6.42 Å². The summed E-state index contributed by atoms with van der Waals surface area (Å²) in [5.41, 5.74) is 3.17. The maximum absolute atomic E-state index is 12.3. The zero-order chi connectivity index (χ0) is 19.1. The summed E-state index contributed by atoms with van der Waals surface area (Å²) in [5, 5.41) is 5.38. The van der Waals surface area contributed by atoms with Crippen LogP contribution in [0.25, 0.3) is 0 Å². The first-order chi connectivity index (χ1) is 13.2. The van der Waals surface area contributed by atoms with Gasteiger partial charge in [0.1, 0.15) is 0 Å². The van der Waals surface area contributed by atoms with Crippen molar-refractivity contribution in [1.29, 1.82) is 0 Å². The van der Waals surface area contributed by atoms with E-state index in [1.165, 1.54) is 37.7 Å². The van der Waals surface area contributed by atoms with Gasteiger partial charge in [-0.15, -0.1) is 6.42 Å². The first-order valence-electron chi connectivity index (χ1n) is 9.40. The molecule has 2 aromatic rings. The van der Waals surface area contributed by atoms with Gasteiger partial charge < -0.3 is 10.6 Å². The number of carbonyl (C=O) groups is 2. The highest BCUT2D eigenvalue weighted by molar-refractivity contribution is 5.99. The lowest BCUT2D eigenvalue weighted by Crippen LogP contribution is -2.32. The zero-order valence-corrected chi connectivity index (χ0v) is 15.3. The van der Waals surface area contributed by atoms with E-state index in [0.717, 1.165) is 0 Å². The molecule has 1 aliphatic carbocycles. The molecule has 0 spiro atoms. The van der Waals surface area contributed by atoms with Crippen LogP contribution in [0.5, 0.6) is 0 Å². The molecule has 0 atom stereocenters. The van der Waals surface area contributed by atoms with Crippen molar-refractivity contribution in [1.82, 2.24) is 5.32 Å². The SMILES string of the molecule is C#Cc1cccc(NC(=O)CNC(=O)c2ccc(C3CCCCC3)cc2)c1. The number of rotatable bonds is 5. The normalized spacial score (nSPS) is 14.2. The monoisotopic (exact) mass is 360 g/mol. The number of benzene rings is 2. The van der Waals surface area contributed by atoms with E-state index in [-0.39, 0.29) is 18.4 Å². The fourth-order valence-electron chi connectivity index (χ4n) is 3.50. The molecule has 1 fully saturated rings. The van der Waals surface area contributed by atoms with Crippen LogP contribution < -0.4 is 10.6 Å². The molecule has 0 saturated heterocycles. The molecule has 27 heavy (non-hydrogen) atoms. The number of carbonyl (C=O) groups excluding carboxylic acids is 2. The predicted octanol–water partition coefficient (Wildman–Crippen LogP) is 4.08. The zero-order valence-electron chi connectivity index (χ0n) is 15.3. The number of hydrogen-bond donors (Lipinski definition) is 2. The van der Waals surface area contributed by atoms with Gasteiger partial charge in [-0.1, -0.05) is 43.4 Å². The summed E-state index contributed by atoms with van der Waals surface area (Å²) < 4.78 is 0. The Morgan fingerprint density at radius 1 is 1.04 bits per heavy atom. The van der Waals surface area contributed by atoms with E-state index in [1.54, 1.807) is 24.3 Å². The summed E-state index contributed by atoms with van der Waals surface area (Å²) >= 11 is 0. The number of anilines is 1. The van der Waals surface area contributed by atoms with Gasteiger partial charge >= 0.3 is 0 Å². The Bertz CT molecular complexity index is 843. The Balaban J connectivity index is 1.51. The highest BCUT2D eigenvalue weighted by Gasteiger charge is 2.16. The molecule has 1 saturated carbocycles. The van der Waals surface area contributed by atoms with E-state index in [9.17, 15) is 9.59 Å². The van der Waals surface area contributed by atoms with Gasteiger partial charge in [0.15, 0.2) is 0 Å². The molecule has 4 nitrogen and oxygen atoms in total. The van der Waals surface area contributed by atoms with Crippen LogP contribution in [0.4, 0.5) is 5.69 Å². The van der Waals surface area contributed by atoms with Crippen molar-refractivity contribution in [2.24, 2.45) is 0 Å². The third kappa shape index (κ3) is 5.21. The average molecular weight is 360 g/mol. The number of nitrogens with one attached hydrogen (secondary N) is 2. The van der Waals surface area contributed by atoms with E-state index >= 15 is 0 Å². The van der Waals surface area contributed by atoms with Gasteiger partial charge in [-0.2, -0.15) is 0 Å². The fraction of sp³-hybridized carbons (Fsp3) is 0.304. The fourth-order valence-corrected chi connectivity index (χ4v) is 3.50. The van der Waals surface area contributed by atoms with E-state index in [2.05, 4.69) is 16.6 Å². The maximum Gasteiger partial charge on any atom is 0.251 e. The van der Waals surface area contributed by atoms with Gasteiger partial charge in [-0.05, 0) is 54.7 Å². The standard InChI is InChI=1S/C23H24N2O2/c1-2-17-7-6-10-21(15-17)25-22(26)16-24-23(27)20-13-11-19(12-14-20)18-8-4-3-5-9-18/h1,6-7,10-15,18H,3-5,8-9,16H2,(H,24,27)(H,25,26). The van der Waals surface area contributed by atoms with Crippen molar-refractivity contribution in [3.8, 4) is 12.3 Å². The molecule has 4 heteroatoms. The van der Waals surface area contributed by atoms with Crippen molar-refractivity contribution in [2.45, 2.75) is 38.0 Å². The third-order valence-electron chi connectivity index (χ3n) is 4.97. The van der Waals surface area contributed by atoms with Gasteiger partial charge in [0, 0.05) is 16.8 Å². The Labute approximate surface area is 160 Å². The van der Waals surface area contributed by atoms with Crippen LogP contribution in [0.1, 0.15) is 59.5 Å². The summed E-state index contributed by atoms with van der Waals surface area (Å²) in [7, 11) is 0. The summed E-state index contributed by atoms with van der Waals surface area (Å²) in [4.78, 5) is 24.3. The van der Waals surface area contributed by atoms with Crippen molar-refractivity contribution in [2.75, 3.05) is 11.9 Å². The predicted molar refractivity (Wildman–Crippen MR) is 108 cm³/mol. The first-order valence-corrected chi connectivity index (χ1v) is 9.40. The van der Waals surface area contributed by atoms with E-state index < -0.39 is 0 Å². The van der Waals surface area contributed by atoms with Crippen LogP contribution in [0.3, 0.4) is 0 Å². The maximum atomic E-state index is 12.3. The van der Waals surface area contributed by atoms with Gasteiger partial charge in [0.2, 0.25) is 5.91 Å². The lowest BCUT2D eigenvalue weighted by Gasteiger charge is -2.22. The first kappa shape index (κ1) is 18.7. The van der Waals surface area contributed by atoms with Gasteiger partial charge in [-0.25, -0.2) is 0 Å². The molecule has 3 rings (SSSR count). The van der Waals surface area contributed by atoms with Crippen LogP contribution >= 0.6 is 0 Å². The molecule has 0 aromatic heterocycles. The average Bonchev–Trinajstić information content (AvgIpc) is 2.73. The molecular formula is C23H24N2O2. The molecule has 1 aliphatic rings. The van der Waals surface area contributed by atoms with Gasteiger partial charge in [0.05, 0.1) is 6.54 Å². The van der Waals surface area contributed by atoms with E-state index in [0.29, 0.717) is 22.7 Å². The van der Waals surface area contributed by atoms with Gasteiger partial charge in [0.25, 0.3) is 5.91 Å². The number of hydrogen-bond acceptors (Lipinski definition) is 2. The van der Waals surface area contributed by atoms with Crippen molar-refractivity contribution in [3.63, 3.8) is 0 Å². The minimum atomic E-state index is -0.295. The second kappa shape index (κ2) is 9.05. The minimum Gasteiger partial charge on any atom is -0.343 e. The van der Waals surface area contributed by atoms with Gasteiger partial charge in [-0.3, -0.25) is 9.59 Å². The minimum absolute atomic E-state index is 0.0938. The molecule has 0 aliphatic heterocycles. The Kier molecular flexibility index (Phi) is 6.27. The summed E-state index contributed by atoms with van der Waals surface area (Å²) in [5.74, 6) is 2.58. The lowest BCUT2D eigenvalue weighted by molar-refractivity contribution is -0.115. The molecule has 138 valence electrons. The van der Waals surface area contributed by atoms with E-state index in [1.807, 2.05) is 24.3 Å². The summed E-state index contributed by atoms with van der Waals surface area (Å²) in [6.45, 7) is -0.0938. The quantitative estimate of drug-likeness (QED) is 0.789. The van der Waals surface area contributed by atoms with Crippen LogP contribution in [0.15, 0.2) is 48.5 Å². The number of terminal acetylenes is 1. The largest absolute Gasteiger partial charge is 0.343 e. The van der Waals surface area contributed by atoms with Crippen molar-refractivity contribution < 1.29 is 9.59 Å². The van der Waals surface area contributed by atoms with Crippen LogP contribution in [0, 0.1) is 12.3 Å². The molecule has 2 N–H and O–H groups in total. The molecular weight excluding hydrogens is 336 g/mol. The van der Waals surface area contributed by atoms with Crippen LogP contribution in [-0.2, 0) is 4.79 Å². The highest BCUT2D eigenvalue weighted by Crippen LogP contribution is 2.32. The Morgan fingerprint density at radius 2 is 1.78 bits per heavy atom. The lowest BCUT2D eigenvalue weighted by atomic mass is 9.84. The van der Waals surface area contributed by atoms with Crippen molar-refractivity contribution >= 4 is 17.5 Å². The molecule has 2 aromatic carbocycles. The highest BCUT2D eigenvalue weighted by atomic mass is 16.2. The Morgan fingerprint density at radius 3 is 2.48 bits per heavy atom. The van der Waals surface area contributed by atoms with Crippen molar-refractivity contribution in [3.05, 3.63) is 65.2 Å². The summed E-state index contributed by atoms with van der Waals surface area (Å²) in [6, 6.07) is 14.8. The molecule has 0 radical (unpaired) electrons. The Hall–Kier alpha value is -3.06. The summed E-state index contributed by atoms with van der Waals surface area (Å²) in [6.07, 6.45) is 11.7. The van der Waals surface area contributed by atoms with Crippen LogP contribution in [-0.4, -0.2) is 18.4 Å². The smallest absolute Gasteiger partial charge is 0.251 e. The molecule has 0 heterocycles. The molecule has 0 bridgehead atoms. The third-order valence-corrected chi connectivity index (χ3v) is 4.97. The van der Waals surface area contributed by atoms with Crippen LogP contribution in [0.2, 0.25) is 0 Å². The molecule has 0 unspecified atom stereocenters. The number of amides is 2.